The first-order chi connectivity index (χ1) is 30.1. The summed E-state index contributed by atoms with van der Waals surface area (Å²) in [4.78, 5) is 12.9. The Morgan fingerprint density at radius 2 is 1.00 bits per heavy atom. The summed E-state index contributed by atoms with van der Waals surface area (Å²) in [7, 11) is 0. The summed E-state index contributed by atoms with van der Waals surface area (Å²) in [6.45, 7) is 3.62. The number of ether oxygens (including phenoxy) is 6. The SMILES string of the molecule is CCCCC/C=C\C/C=C\CCCCCCCCCCCCOCC(COC1OC(COC2OC(CO)C(O)C(O)C2O)C(O)C(O)C1O)OC(=O)CCCCCCCCCC. The molecule has 2 heterocycles. The molecule has 2 aliphatic heterocycles. The number of hydrogen-bond acceptors (Lipinski definition) is 14. The van der Waals surface area contributed by atoms with E-state index in [1.54, 1.807) is 0 Å². The third-order valence-electron chi connectivity index (χ3n) is 11.7. The van der Waals surface area contributed by atoms with Gasteiger partial charge in [-0.2, -0.15) is 0 Å². The first kappa shape index (κ1) is 56.6. The summed E-state index contributed by atoms with van der Waals surface area (Å²) in [5.74, 6) is -0.382. The van der Waals surface area contributed by atoms with Crippen LogP contribution in [0.15, 0.2) is 24.3 Å². The van der Waals surface area contributed by atoms with Gasteiger partial charge in [0.15, 0.2) is 12.6 Å². The number of hydrogen-bond donors (Lipinski definition) is 7. The highest BCUT2D eigenvalue weighted by atomic mass is 16.7. The Kier molecular flexibility index (Phi) is 33.5. The quantitative estimate of drug-likeness (QED) is 0.0202. The van der Waals surface area contributed by atoms with E-state index in [1.807, 2.05) is 0 Å². The normalized spacial score (nSPS) is 27.4. The van der Waals surface area contributed by atoms with Crippen molar-refractivity contribution in [2.45, 2.75) is 242 Å². The van der Waals surface area contributed by atoms with Crippen LogP contribution in [0, 0.1) is 0 Å². The molecular formula is C48H88O14. The van der Waals surface area contributed by atoms with E-state index in [2.05, 4.69) is 38.2 Å². The number of esters is 1. The van der Waals surface area contributed by atoms with Crippen LogP contribution in [0.1, 0.15) is 174 Å². The summed E-state index contributed by atoms with van der Waals surface area (Å²) in [6, 6.07) is 0. The van der Waals surface area contributed by atoms with E-state index in [-0.39, 0.29) is 25.6 Å². The van der Waals surface area contributed by atoms with Gasteiger partial charge in [0.1, 0.15) is 54.9 Å². The Hall–Kier alpha value is -1.53. The molecule has 0 bridgehead atoms. The lowest BCUT2D eigenvalue weighted by atomic mass is 9.98. The van der Waals surface area contributed by atoms with Gasteiger partial charge >= 0.3 is 5.97 Å². The Bertz CT molecular complexity index is 1120. The van der Waals surface area contributed by atoms with E-state index in [9.17, 15) is 40.5 Å². The maximum atomic E-state index is 12.9. The van der Waals surface area contributed by atoms with Crippen molar-refractivity contribution in [1.82, 2.24) is 0 Å². The van der Waals surface area contributed by atoms with Gasteiger partial charge in [0, 0.05) is 13.0 Å². The smallest absolute Gasteiger partial charge is 0.306 e. The Morgan fingerprint density at radius 1 is 0.532 bits per heavy atom. The molecule has 2 aliphatic rings. The van der Waals surface area contributed by atoms with Crippen molar-refractivity contribution in [3.63, 3.8) is 0 Å². The molecule has 0 aromatic rings. The molecule has 2 fully saturated rings. The van der Waals surface area contributed by atoms with E-state index in [0.29, 0.717) is 13.0 Å². The first-order valence-electron chi connectivity index (χ1n) is 24.4. The van der Waals surface area contributed by atoms with Gasteiger partial charge in [-0.15, -0.1) is 0 Å². The lowest BCUT2D eigenvalue weighted by molar-refractivity contribution is -0.332. The second-order valence-corrected chi connectivity index (χ2v) is 17.3. The van der Waals surface area contributed by atoms with E-state index >= 15 is 0 Å². The van der Waals surface area contributed by atoms with E-state index < -0.39 is 80.7 Å². The van der Waals surface area contributed by atoms with Gasteiger partial charge in [0.2, 0.25) is 0 Å². The Labute approximate surface area is 373 Å². The number of carbonyl (C=O) groups is 1. The van der Waals surface area contributed by atoms with Crippen molar-refractivity contribution in [3.05, 3.63) is 24.3 Å². The molecule has 0 aromatic heterocycles. The monoisotopic (exact) mass is 889 g/mol. The zero-order valence-corrected chi connectivity index (χ0v) is 38.4. The molecule has 14 heteroatoms. The predicted octanol–water partition coefficient (Wildman–Crippen LogP) is 6.46. The van der Waals surface area contributed by atoms with Gasteiger partial charge in [-0.3, -0.25) is 4.79 Å². The molecule has 7 N–H and O–H groups in total. The maximum absolute atomic E-state index is 12.9. The highest BCUT2D eigenvalue weighted by molar-refractivity contribution is 5.69. The van der Waals surface area contributed by atoms with Crippen LogP contribution in [0.4, 0.5) is 0 Å². The summed E-state index contributed by atoms with van der Waals surface area (Å²) in [5.41, 5.74) is 0. The molecule has 0 saturated carbocycles. The zero-order chi connectivity index (χ0) is 45.2. The Balaban J connectivity index is 1.73. The molecule has 11 unspecified atom stereocenters. The van der Waals surface area contributed by atoms with E-state index in [0.717, 1.165) is 44.9 Å². The fraction of sp³-hybridized carbons (Fsp3) is 0.896. The van der Waals surface area contributed by atoms with Crippen molar-refractivity contribution >= 4 is 5.97 Å². The molecule has 0 radical (unpaired) electrons. The average Bonchev–Trinajstić information content (AvgIpc) is 3.27. The number of aliphatic hydroxyl groups is 7. The van der Waals surface area contributed by atoms with Gasteiger partial charge in [0.05, 0.1) is 26.4 Å². The van der Waals surface area contributed by atoms with Crippen LogP contribution in [0.2, 0.25) is 0 Å². The predicted molar refractivity (Wildman–Crippen MR) is 238 cm³/mol. The lowest BCUT2D eigenvalue weighted by Gasteiger charge is -2.42. The standard InChI is InChI=1S/C48H88O14/c1-3-5-7-9-11-13-14-15-16-17-18-19-20-21-22-23-24-26-28-30-32-57-34-37(60-40(50)31-29-27-25-12-10-8-6-4-2)35-58-47-46(56)44(54)42(52)39(62-47)36-59-48-45(55)43(53)41(51)38(33-49)61-48/h11,13,15-16,37-39,41-49,51-56H,3-10,12,14,17-36H2,1-2H3/b13-11-,16-15-. The third-order valence-corrected chi connectivity index (χ3v) is 11.7. The van der Waals surface area contributed by atoms with Crippen molar-refractivity contribution in [2.24, 2.45) is 0 Å². The number of carbonyl (C=O) groups excluding carboxylic acids is 1. The summed E-state index contributed by atoms with van der Waals surface area (Å²) < 4.78 is 34.1. The molecular weight excluding hydrogens is 801 g/mol. The Morgan fingerprint density at radius 3 is 1.58 bits per heavy atom. The van der Waals surface area contributed by atoms with E-state index in [4.69, 9.17) is 28.4 Å². The number of unbranched alkanes of at least 4 members (excludes halogenated alkanes) is 20. The lowest BCUT2D eigenvalue weighted by Crippen LogP contribution is -2.61. The van der Waals surface area contributed by atoms with Gasteiger partial charge in [-0.05, 0) is 44.9 Å². The number of rotatable bonds is 38. The second kappa shape index (κ2) is 36.7. The van der Waals surface area contributed by atoms with Gasteiger partial charge in [-0.25, -0.2) is 0 Å². The van der Waals surface area contributed by atoms with Gasteiger partial charge < -0.3 is 64.2 Å². The molecule has 2 saturated heterocycles. The molecule has 0 amide bonds. The van der Waals surface area contributed by atoms with Crippen LogP contribution in [0.25, 0.3) is 0 Å². The van der Waals surface area contributed by atoms with E-state index in [1.165, 1.54) is 103 Å². The first-order valence-corrected chi connectivity index (χ1v) is 24.4. The molecule has 2 rings (SSSR count). The topological polar surface area (TPSA) is 214 Å². The second-order valence-electron chi connectivity index (χ2n) is 17.3. The van der Waals surface area contributed by atoms with Crippen molar-refractivity contribution in [2.75, 3.05) is 33.0 Å². The molecule has 0 spiro atoms. The fourth-order valence-electron chi connectivity index (χ4n) is 7.67. The minimum absolute atomic E-state index is 0.0623. The van der Waals surface area contributed by atoms with Crippen LogP contribution in [0.3, 0.4) is 0 Å². The largest absolute Gasteiger partial charge is 0.457 e. The van der Waals surface area contributed by atoms with Gasteiger partial charge in [0.25, 0.3) is 0 Å². The van der Waals surface area contributed by atoms with Crippen LogP contribution in [0.5, 0.6) is 0 Å². The summed E-state index contributed by atoms with van der Waals surface area (Å²) in [6.07, 6.45) is 21.2. The molecule has 0 aliphatic carbocycles. The van der Waals surface area contributed by atoms with Crippen molar-refractivity contribution < 1.29 is 69.0 Å². The zero-order valence-electron chi connectivity index (χ0n) is 38.4. The van der Waals surface area contributed by atoms with Gasteiger partial charge in [-0.1, -0.05) is 147 Å². The highest BCUT2D eigenvalue weighted by Crippen LogP contribution is 2.26. The minimum atomic E-state index is -1.70. The van der Waals surface area contributed by atoms with Crippen LogP contribution < -0.4 is 0 Å². The van der Waals surface area contributed by atoms with Crippen LogP contribution in [-0.2, 0) is 33.2 Å². The average molecular weight is 889 g/mol. The third kappa shape index (κ3) is 24.7. The van der Waals surface area contributed by atoms with Crippen molar-refractivity contribution in [3.8, 4) is 0 Å². The molecule has 11 atom stereocenters. The maximum Gasteiger partial charge on any atom is 0.306 e. The molecule has 364 valence electrons. The van der Waals surface area contributed by atoms with Crippen LogP contribution in [-0.4, -0.2) is 142 Å². The molecule has 14 nitrogen and oxygen atoms in total. The number of allylic oxidation sites excluding steroid dienone is 4. The van der Waals surface area contributed by atoms with Crippen molar-refractivity contribution in [1.29, 1.82) is 0 Å². The fourth-order valence-corrected chi connectivity index (χ4v) is 7.67. The highest BCUT2D eigenvalue weighted by Gasteiger charge is 2.47. The van der Waals surface area contributed by atoms with Crippen LogP contribution >= 0.6 is 0 Å². The summed E-state index contributed by atoms with van der Waals surface area (Å²) in [5, 5.41) is 71.9. The summed E-state index contributed by atoms with van der Waals surface area (Å²) >= 11 is 0. The number of aliphatic hydroxyl groups excluding tert-OH is 7. The molecule has 0 aromatic carbocycles. The molecule has 62 heavy (non-hydrogen) atoms. The minimum Gasteiger partial charge on any atom is -0.457 e.